The van der Waals surface area contributed by atoms with E-state index in [4.69, 9.17) is 0 Å². The van der Waals surface area contributed by atoms with Crippen molar-refractivity contribution in [1.29, 1.82) is 0 Å². The second-order valence-electron chi connectivity index (χ2n) is 4.88. The molecule has 7 heteroatoms. The fourth-order valence-electron chi connectivity index (χ4n) is 1.98. The van der Waals surface area contributed by atoms with Gasteiger partial charge in [-0.3, -0.25) is 18.6 Å². The third kappa shape index (κ3) is 3.05. The van der Waals surface area contributed by atoms with Gasteiger partial charge in [0, 0.05) is 50.8 Å². The van der Waals surface area contributed by atoms with Crippen LogP contribution in [0.3, 0.4) is 0 Å². The number of hydrogen-bond donors (Lipinski definition) is 1. The van der Waals surface area contributed by atoms with Gasteiger partial charge >= 0.3 is 5.69 Å². The maximum absolute atomic E-state index is 11.8. The van der Waals surface area contributed by atoms with Gasteiger partial charge < -0.3 is 5.32 Å². The van der Waals surface area contributed by atoms with Crippen LogP contribution in [0.2, 0.25) is 0 Å². The van der Waals surface area contributed by atoms with Gasteiger partial charge in [0.2, 0.25) is 0 Å². The maximum atomic E-state index is 11.8. The summed E-state index contributed by atoms with van der Waals surface area (Å²) in [5.41, 5.74) is 0.0732. The molecule has 20 heavy (non-hydrogen) atoms. The van der Waals surface area contributed by atoms with Crippen molar-refractivity contribution >= 4 is 0 Å². The van der Waals surface area contributed by atoms with E-state index in [0.717, 1.165) is 11.1 Å². The number of aromatic nitrogens is 4. The highest BCUT2D eigenvalue weighted by atomic mass is 16.2. The Balaban J connectivity index is 2.04. The Labute approximate surface area is 116 Å². The summed E-state index contributed by atoms with van der Waals surface area (Å²) >= 11 is 0. The van der Waals surface area contributed by atoms with E-state index in [-0.39, 0.29) is 17.3 Å². The van der Waals surface area contributed by atoms with E-state index in [2.05, 4.69) is 10.4 Å². The number of rotatable bonds is 5. The molecule has 108 valence electrons. The van der Waals surface area contributed by atoms with Crippen LogP contribution >= 0.6 is 0 Å². The Hall–Kier alpha value is -2.15. The van der Waals surface area contributed by atoms with E-state index in [1.807, 2.05) is 23.9 Å². The molecule has 7 nitrogen and oxygen atoms in total. The summed E-state index contributed by atoms with van der Waals surface area (Å²) in [6, 6.07) is 3.53. The molecule has 0 saturated carbocycles. The topological polar surface area (TPSA) is 73.8 Å². The summed E-state index contributed by atoms with van der Waals surface area (Å²) < 4.78 is 4.41. The molecule has 0 radical (unpaired) electrons. The molecule has 0 aliphatic rings. The molecule has 0 fully saturated rings. The van der Waals surface area contributed by atoms with E-state index < -0.39 is 0 Å². The third-order valence-electron chi connectivity index (χ3n) is 3.28. The first-order valence-electron chi connectivity index (χ1n) is 6.46. The lowest BCUT2D eigenvalue weighted by Gasteiger charge is -2.15. The molecule has 0 saturated heterocycles. The molecular formula is C13H19N5O2. The van der Waals surface area contributed by atoms with Crippen LogP contribution in [0, 0.1) is 0 Å². The van der Waals surface area contributed by atoms with E-state index >= 15 is 0 Å². The predicted molar refractivity (Wildman–Crippen MR) is 75.5 cm³/mol. The van der Waals surface area contributed by atoms with E-state index in [0.29, 0.717) is 12.2 Å². The quantitative estimate of drug-likeness (QED) is 0.796. The Morgan fingerprint density at radius 1 is 1.30 bits per heavy atom. The zero-order valence-electron chi connectivity index (χ0n) is 11.9. The molecule has 2 aromatic rings. The zero-order chi connectivity index (χ0) is 14.7. The standard InChI is InChI=1S/C13H19N5O2/c1-10(9-18-6-4-5-15-18)14-8-11-7-12(19)17(3)13(20)16(11)2/h4-7,10,14H,8-9H2,1-3H3. The highest BCUT2D eigenvalue weighted by molar-refractivity contribution is 5.02. The Kier molecular flexibility index (Phi) is 4.19. The van der Waals surface area contributed by atoms with Crippen molar-refractivity contribution < 1.29 is 0 Å². The summed E-state index contributed by atoms with van der Waals surface area (Å²) in [6.07, 6.45) is 3.63. The van der Waals surface area contributed by atoms with Gasteiger partial charge in [0.15, 0.2) is 0 Å². The van der Waals surface area contributed by atoms with Crippen molar-refractivity contribution in [2.75, 3.05) is 0 Å². The molecule has 0 spiro atoms. The van der Waals surface area contributed by atoms with E-state index in [1.54, 1.807) is 13.2 Å². The second kappa shape index (κ2) is 5.87. The molecule has 0 aliphatic carbocycles. The van der Waals surface area contributed by atoms with Crippen molar-refractivity contribution in [1.82, 2.24) is 24.2 Å². The minimum Gasteiger partial charge on any atom is -0.307 e. The molecule has 0 amide bonds. The fourth-order valence-corrected chi connectivity index (χ4v) is 1.98. The molecule has 2 rings (SSSR count). The number of nitrogens with zero attached hydrogens (tertiary/aromatic N) is 4. The van der Waals surface area contributed by atoms with Gasteiger partial charge in [0.05, 0.1) is 6.54 Å². The average molecular weight is 277 g/mol. The minimum absolute atomic E-state index is 0.175. The SMILES string of the molecule is CC(Cn1cccn1)NCc1cc(=O)n(C)c(=O)n1C. The van der Waals surface area contributed by atoms with Crippen LogP contribution in [-0.4, -0.2) is 25.0 Å². The molecule has 1 N–H and O–H groups in total. The molecule has 2 aromatic heterocycles. The van der Waals surface area contributed by atoms with Gasteiger partial charge in [-0.05, 0) is 13.0 Å². The van der Waals surface area contributed by atoms with Crippen LogP contribution in [0.15, 0.2) is 34.1 Å². The third-order valence-corrected chi connectivity index (χ3v) is 3.28. The number of hydrogen-bond acceptors (Lipinski definition) is 4. The highest BCUT2D eigenvalue weighted by Gasteiger charge is 2.08. The van der Waals surface area contributed by atoms with E-state index in [1.165, 1.54) is 17.7 Å². The van der Waals surface area contributed by atoms with Crippen molar-refractivity contribution in [2.45, 2.75) is 26.1 Å². The first kappa shape index (κ1) is 14.3. The van der Waals surface area contributed by atoms with Crippen molar-refractivity contribution in [3.8, 4) is 0 Å². The lowest BCUT2D eigenvalue weighted by molar-refractivity contribution is 0.442. The Morgan fingerprint density at radius 3 is 2.70 bits per heavy atom. The summed E-state index contributed by atoms with van der Waals surface area (Å²) in [5, 5.41) is 7.42. The first-order valence-corrected chi connectivity index (χ1v) is 6.46. The van der Waals surface area contributed by atoms with Gasteiger partial charge in [-0.25, -0.2) is 4.79 Å². The second-order valence-corrected chi connectivity index (χ2v) is 4.88. The van der Waals surface area contributed by atoms with Crippen LogP contribution in [0.4, 0.5) is 0 Å². The van der Waals surface area contributed by atoms with Crippen LogP contribution in [0.5, 0.6) is 0 Å². The monoisotopic (exact) mass is 277 g/mol. The molecule has 0 aliphatic heterocycles. The molecule has 0 bridgehead atoms. The van der Waals surface area contributed by atoms with Crippen LogP contribution in [0.1, 0.15) is 12.6 Å². The van der Waals surface area contributed by atoms with Gasteiger partial charge in [0.25, 0.3) is 5.56 Å². The predicted octanol–water partition coefficient (Wildman–Crippen LogP) is -0.541. The average Bonchev–Trinajstić information content (AvgIpc) is 2.92. The maximum Gasteiger partial charge on any atom is 0.330 e. The minimum atomic E-state index is -0.311. The van der Waals surface area contributed by atoms with Crippen LogP contribution in [0.25, 0.3) is 0 Å². The van der Waals surface area contributed by atoms with Gasteiger partial charge in [-0.2, -0.15) is 5.10 Å². The summed E-state index contributed by atoms with van der Waals surface area (Å²) in [7, 11) is 3.14. The van der Waals surface area contributed by atoms with E-state index in [9.17, 15) is 9.59 Å². The largest absolute Gasteiger partial charge is 0.330 e. The fraction of sp³-hybridized carbons (Fsp3) is 0.462. The summed E-state index contributed by atoms with van der Waals surface area (Å²) in [6.45, 7) is 3.22. The molecule has 2 heterocycles. The number of nitrogens with one attached hydrogen (secondary N) is 1. The van der Waals surface area contributed by atoms with Crippen molar-refractivity contribution in [2.24, 2.45) is 14.1 Å². The zero-order valence-corrected chi connectivity index (χ0v) is 11.9. The molecule has 0 aromatic carbocycles. The first-order chi connectivity index (χ1) is 9.49. The lowest BCUT2D eigenvalue weighted by Crippen LogP contribution is -2.40. The van der Waals surface area contributed by atoms with Gasteiger partial charge in [-0.1, -0.05) is 0 Å². The summed E-state index contributed by atoms with van der Waals surface area (Å²) in [5.74, 6) is 0. The molecular weight excluding hydrogens is 258 g/mol. The Morgan fingerprint density at radius 2 is 2.05 bits per heavy atom. The smallest absolute Gasteiger partial charge is 0.307 e. The van der Waals surface area contributed by atoms with Crippen molar-refractivity contribution in [3.63, 3.8) is 0 Å². The van der Waals surface area contributed by atoms with Crippen LogP contribution in [-0.2, 0) is 27.2 Å². The van der Waals surface area contributed by atoms with Crippen LogP contribution < -0.4 is 16.6 Å². The highest BCUT2D eigenvalue weighted by Crippen LogP contribution is 1.95. The molecule has 1 atom stereocenters. The van der Waals surface area contributed by atoms with Crippen molar-refractivity contribution in [3.05, 3.63) is 51.1 Å². The normalized spacial score (nSPS) is 12.6. The lowest BCUT2D eigenvalue weighted by atomic mass is 10.3. The van der Waals surface area contributed by atoms with Gasteiger partial charge in [-0.15, -0.1) is 0 Å². The Bertz CT molecular complexity index is 684. The summed E-state index contributed by atoms with van der Waals surface area (Å²) in [4.78, 5) is 23.4. The molecule has 1 unspecified atom stereocenters. The van der Waals surface area contributed by atoms with Gasteiger partial charge in [0.1, 0.15) is 0 Å².